The van der Waals surface area contributed by atoms with Crippen LogP contribution in [-0.4, -0.2) is 18.0 Å². The van der Waals surface area contributed by atoms with E-state index in [1.54, 1.807) is 12.1 Å². The standard InChI is InChI=1S/C10H11N2O2/c13-12(14)10-6-2-1-5-9(10)11-7-3-4-8-11/h1,5-6H,3-4,7-8H2. The van der Waals surface area contributed by atoms with Crippen LogP contribution >= 0.6 is 0 Å². The molecule has 0 bridgehead atoms. The molecule has 0 N–H and O–H groups in total. The maximum atomic E-state index is 10.7. The van der Waals surface area contributed by atoms with Crippen molar-refractivity contribution in [2.45, 2.75) is 12.8 Å². The first-order valence-corrected chi connectivity index (χ1v) is 4.68. The molecule has 1 aliphatic rings. The number of rotatable bonds is 2. The van der Waals surface area contributed by atoms with Crippen LogP contribution in [0.1, 0.15) is 12.8 Å². The van der Waals surface area contributed by atoms with Gasteiger partial charge < -0.3 is 4.90 Å². The van der Waals surface area contributed by atoms with Gasteiger partial charge in [-0.2, -0.15) is 0 Å². The Bertz CT molecular complexity index is 346. The Hall–Kier alpha value is -1.58. The van der Waals surface area contributed by atoms with Crippen LogP contribution in [0.5, 0.6) is 0 Å². The van der Waals surface area contributed by atoms with E-state index in [-0.39, 0.29) is 10.6 Å². The molecule has 0 spiro atoms. The third-order valence-electron chi connectivity index (χ3n) is 2.46. The number of nitrogens with zero attached hydrogens (tertiary/aromatic N) is 2. The Morgan fingerprint density at radius 3 is 2.79 bits per heavy atom. The fourth-order valence-corrected chi connectivity index (χ4v) is 1.79. The zero-order valence-electron chi connectivity index (χ0n) is 7.77. The molecule has 0 saturated carbocycles. The summed E-state index contributed by atoms with van der Waals surface area (Å²) in [6.45, 7) is 1.84. The van der Waals surface area contributed by atoms with Gasteiger partial charge in [0.05, 0.1) is 4.92 Å². The number of benzene rings is 1. The summed E-state index contributed by atoms with van der Waals surface area (Å²) in [5, 5.41) is 10.7. The van der Waals surface area contributed by atoms with E-state index in [1.165, 1.54) is 6.07 Å². The number of hydrogen-bond acceptors (Lipinski definition) is 3. The van der Waals surface area contributed by atoms with E-state index in [2.05, 4.69) is 11.0 Å². The predicted molar refractivity (Wildman–Crippen MR) is 53.4 cm³/mol. The molecular weight excluding hydrogens is 180 g/mol. The van der Waals surface area contributed by atoms with Crippen molar-refractivity contribution in [1.82, 2.24) is 0 Å². The van der Waals surface area contributed by atoms with Gasteiger partial charge in [0.2, 0.25) is 0 Å². The summed E-state index contributed by atoms with van der Waals surface area (Å²) in [6.07, 6.45) is 2.24. The van der Waals surface area contributed by atoms with Crippen molar-refractivity contribution in [3.05, 3.63) is 34.4 Å². The maximum absolute atomic E-state index is 10.7. The van der Waals surface area contributed by atoms with Crippen molar-refractivity contribution in [2.24, 2.45) is 0 Å². The van der Waals surface area contributed by atoms with E-state index >= 15 is 0 Å². The van der Waals surface area contributed by atoms with Crippen molar-refractivity contribution in [3.8, 4) is 0 Å². The molecule has 14 heavy (non-hydrogen) atoms. The third kappa shape index (κ3) is 1.55. The van der Waals surface area contributed by atoms with E-state index in [0.717, 1.165) is 31.6 Å². The van der Waals surface area contributed by atoms with E-state index in [9.17, 15) is 10.1 Å². The van der Waals surface area contributed by atoms with Crippen LogP contribution in [-0.2, 0) is 0 Å². The summed E-state index contributed by atoms with van der Waals surface area (Å²) in [4.78, 5) is 12.5. The van der Waals surface area contributed by atoms with Crippen LogP contribution in [0.15, 0.2) is 18.2 Å². The summed E-state index contributed by atoms with van der Waals surface area (Å²) in [6, 6.07) is 7.67. The number of hydrogen-bond donors (Lipinski definition) is 0. The molecule has 0 aromatic heterocycles. The normalized spacial score (nSPS) is 15.9. The molecule has 4 nitrogen and oxygen atoms in total. The number of nitro benzene ring substituents is 1. The number of nitro groups is 1. The van der Waals surface area contributed by atoms with Crippen LogP contribution < -0.4 is 4.90 Å². The zero-order chi connectivity index (χ0) is 9.97. The van der Waals surface area contributed by atoms with Crippen molar-refractivity contribution in [2.75, 3.05) is 18.0 Å². The van der Waals surface area contributed by atoms with E-state index in [0.29, 0.717) is 0 Å². The van der Waals surface area contributed by atoms with Gasteiger partial charge >= 0.3 is 0 Å². The Labute approximate surface area is 82.3 Å². The predicted octanol–water partition coefficient (Wildman–Crippen LogP) is 2.00. The van der Waals surface area contributed by atoms with Crippen LogP contribution in [0.2, 0.25) is 0 Å². The van der Waals surface area contributed by atoms with Gasteiger partial charge in [0.15, 0.2) is 0 Å². The molecule has 4 heteroatoms. The highest BCUT2D eigenvalue weighted by Gasteiger charge is 2.20. The lowest BCUT2D eigenvalue weighted by molar-refractivity contribution is -0.384. The lowest BCUT2D eigenvalue weighted by Gasteiger charge is -2.16. The van der Waals surface area contributed by atoms with E-state index in [1.807, 2.05) is 0 Å². The average molecular weight is 191 g/mol. The fourth-order valence-electron chi connectivity index (χ4n) is 1.79. The molecular formula is C10H11N2O2. The van der Waals surface area contributed by atoms with Gasteiger partial charge in [0.25, 0.3) is 5.69 Å². The second kappa shape index (κ2) is 3.65. The summed E-state index contributed by atoms with van der Waals surface area (Å²) >= 11 is 0. The SMILES string of the molecule is O=[N+]([O-])c1c[c]ccc1N1CCCC1. The van der Waals surface area contributed by atoms with Crippen molar-refractivity contribution >= 4 is 11.4 Å². The van der Waals surface area contributed by atoms with Gasteiger partial charge in [-0.3, -0.25) is 10.1 Å². The Kier molecular flexibility index (Phi) is 2.35. The van der Waals surface area contributed by atoms with Gasteiger partial charge in [-0.25, -0.2) is 0 Å². The van der Waals surface area contributed by atoms with Crippen molar-refractivity contribution in [3.63, 3.8) is 0 Å². The van der Waals surface area contributed by atoms with Gasteiger partial charge in [0.1, 0.15) is 5.69 Å². The van der Waals surface area contributed by atoms with Crippen LogP contribution in [0.25, 0.3) is 0 Å². The Morgan fingerprint density at radius 1 is 1.43 bits per heavy atom. The lowest BCUT2D eigenvalue weighted by atomic mass is 10.2. The van der Waals surface area contributed by atoms with Crippen LogP contribution in [0.3, 0.4) is 0 Å². The minimum absolute atomic E-state index is 0.161. The first kappa shape index (κ1) is 8.99. The first-order chi connectivity index (χ1) is 6.79. The highest BCUT2D eigenvalue weighted by Crippen LogP contribution is 2.29. The molecule has 2 rings (SSSR count). The zero-order valence-corrected chi connectivity index (χ0v) is 7.77. The molecule has 1 aromatic carbocycles. The highest BCUT2D eigenvalue weighted by molar-refractivity contribution is 5.63. The fraction of sp³-hybridized carbons (Fsp3) is 0.400. The first-order valence-electron chi connectivity index (χ1n) is 4.68. The summed E-state index contributed by atoms with van der Waals surface area (Å²) in [7, 11) is 0. The smallest absolute Gasteiger partial charge is 0.293 e. The molecule has 0 amide bonds. The third-order valence-corrected chi connectivity index (χ3v) is 2.46. The molecule has 1 saturated heterocycles. The monoisotopic (exact) mass is 191 g/mol. The van der Waals surface area contributed by atoms with Gasteiger partial charge in [-0.05, 0) is 25.0 Å². The molecule has 1 heterocycles. The molecule has 1 radical (unpaired) electrons. The minimum atomic E-state index is -0.343. The van der Waals surface area contributed by atoms with Crippen LogP contribution in [0, 0.1) is 16.2 Å². The topological polar surface area (TPSA) is 46.4 Å². The molecule has 0 aliphatic carbocycles. The van der Waals surface area contributed by atoms with Gasteiger partial charge in [0, 0.05) is 19.2 Å². The van der Waals surface area contributed by atoms with Crippen molar-refractivity contribution in [1.29, 1.82) is 0 Å². The molecule has 73 valence electrons. The van der Waals surface area contributed by atoms with Gasteiger partial charge in [-0.1, -0.05) is 6.07 Å². The summed E-state index contributed by atoms with van der Waals surface area (Å²) < 4.78 is 0. The summed E-state index contributed by atoms with van der Waals surface area (Å²) in [5.74, 6) is 0. The highest BCUT2D eigenvalue weighted by atomic mass is 16.6. The molecule has 1 fully saturated rings. The van der Waals surface area contributed by atoms with Crippen LogP contribution in [0.4, 0.5) is 11.4 Å². The number of anilines is 1. The Morgan fingerprint density at radius 2 is 2.14 bits per heavy atom. The largest absolute Gasteiger partial charge is 0.366 e. The lowest BCUT2D eigenvalue weighted by Crippen LogP contribution is -2.18. The molecule has 0 unspecified atom stereocenters. The maximum Gasteiger partial charge on any atom is 0.293 e. The van der Waals surface area contributed by atoms with Crippen molar-refractivity contribution < 1.29 is 4.92 Å². The average Bonchev–Trinajstić information content (AvgIpc) is 2.70. The quantitative estimate of drug-likeness (QED) is 0.530. The van der Waals surface area contributed by atoms with E-state index < -0.39 is 0 Å². The molecule has 0 atom stereocenters. The second-order valence-corrected chi connectivity index (χ2v) is 3.37. The van der Waals surface area contributed by atoms with Gasteiger partial charge in [-0.15, -0.1) is 0 Å². The van der Waals surface area contributed by atoms with E-state index in [4.69, 9.17) is 0 Å². The minimum Gasteiger partial charge on any atom is -0.366 e. The molecule has 1 aromatic rings. The summed E-state index contributed by atoms with van der Waals surface area (Å²) in [5.41, 5.74) is 0.889. The second-order valence-electron chi connectivity index (χ2n) is 3.37. The Balaban J connectivity index is 2.35. The molecule has 1 aliphatic heterocycles.